The Morgan fingerprint density at radius 1 is 1.10 bits per heavy atom. The largest absolute Gasteiger partial charge is 0.383 e. The van der Waals surface area contributed by atoms with Crippen LogP contribution in [0.2, 0.25) is 0 Å². The van der Waals surface area contributed by atoms with Crippen LogP contribution in [0.4, 0.5) is 5.69 Å². The molecule has 5 nitrogen and oxygen atoms in total. The number of nitrogens with one attached hydrogen (secondary N) is 1. The van der Waals surface area contributed by atoms with E-state index in [1.165, 1.54) is 16.7 Å². The number of aldehydes is 1. The lowest BCUT2D eigenvalue weighted by Gasteiger charge is -2.13. The summed E-state index contributed by atoms with van der Waals surface area (Å²) >= 11 is 1.44. The number of likely N-dealkylation sites (N-methyl/N-ethyl adjacent to an activating group) is 1. The summed E-state index contributed by atoms with van der Waals surface area (Å²) in [5.41, 5.74) is 2.80. The van der Waals surface area contributed by atoms with Gasteiger partial charge in [-0.05, 0) is 43.1 Å². The maximum atomic E-state index is 12.4. The van der Waals surface area contributed by atoms with Crippen molar-refractivity contribution in [2.45, 2.75) is 0 Å². The number of rotatable bonds is 7. The molecule has 0 bridgehead atoms. The minimum atomic E-state index is -0.531. The van der Waals surface area contributed by atoms with Crippen LogP contribution in [0, 0.1) is 0 Å². The summed E-state index contributed by atoms with van der Waals surface area (Å²) in [6, 6.07) is 18.1. The van der Waals surface area contributed by atoms with Gasteiger partial charge in [0.15, 0.2) is 6.29 Å². The minimum Gasteiger partial charge on any atom is -0.383 e. The van der Waals surface area contributed by atoms with E-state index >= 15 is 0 Å². The highest BCUT2D eigenvalue weighted by molar-refractivity contribution is 7.22. The summed E-state index contributed by atoms with van der Waals surface area (Å²) in [5, 5.41) is 6.42. The molecule has 0 atom stereocenters. The van der Waals surface area contributed by atoms with Crippen molar-refractivity contribution in [1.29, 1.82) is 0 Å². The zero-order valence-electron chi connectivity index (χ0n) is 16.3. The van der Waals surface area contributed by atoms with E-state index in [9.17, 15) is 9.59 Å². The smallest absolute Gasteiger partial charge is 0.228 e. The maximum Gasteiger partial charge on any atom is 0.228 e. The molecular formula is C23H21N3O2S. The summed E-state index contributed by atoms with van der Waals surface area (Å²) in [4.78, 5) is 30.5. The Hall–Kier alpha value is -3.09. The van der Waals surface area contributed by atoms with E-state index in [2.05, 4.69) is 34.5 Å². The first-order valence-corrected chi connectivity index (χ1v) is 10.2. The molecule has 3 aromatic carbocycles. The molecule has 0 fully saturated rings. The molecule has 0 amide bonds. The Morgan fingerprint density at radius 2 is 1.90 bits per heavy atom. The fourth-order valence-electron chi connectivity index (χ4n) is 3.30. The standard InChI is InChI=1S/C23H21N3O2S/c1-26(2)12-11-24-18-9-10-19-22(21(18)20(28)14-27)29-23(25-19)17-8-7-15-5-3-4-6-16(15)13-17/h3-10,13-14,24H,11-12H2,1-2H3. The highest BCUT2D eigenvalue weighted by Gasteiger charge is 2.19. The topological polar surface area (TPSA) is 62.3 Å². The average molecular weight is 404 g/mol. The fourth-order valence-corrected chi connectivity index (χ4v) is 4.42. The van der Waals surface area contributed by atoms with Gasteiger partial charge >= 0.3 is 0 Å². The Labute approximate surface area is 173 Å². The molecule has 0 unspecified atom stereocenters. The fraction of sp³-hybridized carbons (Fsp3) is 0.174. The van der Waals surface area contributed by atoms with Gasteiger partial charge in [-0.25, -0.2) is 4.98 Å². The van der Waals surface area contributed by atoms with Crippen LogP contribution in [0.3, 0.4) is 0 Å². The third-order valence-corrected chi connectivity index (χ3v) is 5.92. The van der Waals surface area contributed by atoms with Gasteiger partial charge < -0.3 is 10.2 Å². The van der Waals surface area contributed by atoms with Crippen molar-refractivity contribution >= 4 is 50.1 Å². The third kappa shape index (κ3) is 3.90. The molecule has 1 aromatic heterocycles. The SMILES string of the molecule is CN(C)CCNc1ccc2nc(-c3ccc4ccccc4c3)sc2c1C(=O)C=O. The van der Waals surface area contributed by atoms with Gasteiger partial charge in [-0.15, -0.1) is 11.3 Å². The van der Waals surface area contributed by atoms with Crippen molar-refractivity contribution in [1.82, 2.24) is 9.88 Å². The quantitative estimate of drug-likeness (QED) is 0.280. The lowest BCUT2D eigenvalue weighted by Crippen LogP contribution is -2.21. The Balaban J connectivity index is 1.79. The molecule has 0 saturated heterocycles. The molecule has 1 heterocycles. The number of fused-ring (bicyclic) bond motifs is 2. The van der Waals surface area contributed by atoms with Crippen LogP contribution in [-0.4, -0.2) is 49.1 Å². The Kier molecular flexibility index (Phi) is 5.38. The number of anilines is 1. The predicted molar refractivity (Wildman–Crippen MR) is 120 cm³/mol. The van der Waals surface area contributed by atoms with Crippen molar-refractivity contribution in [3.8, 4) is 10.6 Å². The normalized spacial score (nSPS) is 11.3. The molecule has 4 rings (SSSR count). The number of nitrogens with zero attached hydrogens (tertiary/aromatic N) is 2. The zero-order chi connectivity index (χ0) is 20.4. The molecular weight excluding hydrogens is 382 g/mol. The molecule has 1 N–H and O–H groups in total. The number of thiazole rings is 1. The van der Waals surface area contributed by atoms with E-state index in [1.54, 1.807) is 0 Å². The van der Waals surface area contributed by atoms with Crippen LogP contribution in [0.25, 0.3) is 31.6 Å². The van der Waals surface area contributed by atoms with Gasteiger partial charge in [-0.2, -0.15) is 0 Å². The van der Waals surface area contributed by atoms with Crippen molar-refractivity contribution in [3.05, 3.63) is 60.2 Å². The van der Waals surface area contributed by atoms with Gasteiger partial charge in [0.2, 0.25) is 5.78 Å². The van der Waals surface area contributed by atoms with Crippen LogP contribution in [0.15, 0.2) is 54.6 Å². The van der Waals surface area contributed by atoms with Gasteiger partial charge in [0.05, 0.1) is 15.8 Å². The first kappa shape index (κ1) is 19.2. The van der Waals surface area contributed by atoms with Crippen LogP contribution in [-0.2, 0) is 4.79 Å². The molecule has 0 aliphatic rings. The number of aromatic nitrogens is 1. The van der Waals surface area contributed by atoms with Gasteiger partial charge in [0.25, 0.3) is 0 Å². The molecule has 0 saturated carbocycles. The van der Waals surface area contributed by atoms with Crippen molar-refractivity contribution in [2.24, 2.45) is 0 Å². The van der Waals surface area contributed by atoms with Crippen LogP contribution in [0.5, 0.6) is 0 Å². The zero-order valence-corrected chi connectivity index (χ0v) is 17.1. The van der Waals surface area contributed by atoms with Gasteiger partial charge in [0.1, 0.15) is 5.01 Å². The number of carbonyl (C=O) groups excluding carboxylic acids is 2. The second-order valence-corrected chi connectivity index (χ2v) is 8.13. The lowest BCUT2D eigenvalue weighted by molar-refractivity contribution is -0.104. The molecule has 146 valence electrons. The number of benzene rings is 3. The Morgan fingerprint density at radius 3 is 2.66 bits per heavy atom. The molecule has 0 radical (unpaired) electrons. The molecule has 0 spiro atoms. The molecule has 0 aliphatic carbocycles. The lowest BCUT2D eigenvalue weighted by atomic mass is 10.1. The van der Waals surface area contributed by atoms with Crippen LogP contribution < -0.4 is 5.32 Å². The highest BCUT2D eigenvalue weighted by atomic mass is 32.1. The molecule has 29 heavy (non-hydrogen) atoms. The highest BCUT2D eigenvalue weighted by Crippen LogP contribution is 2.36. The first-order valence-electron chi connectivity index (χ1n) is 9.37. The number of hydrogen-bond acceptors (Lipinski definition) is 6. The summed E-state index contributed by atoms with van der Waals surface area (Å²) in [6.45, 7) is 1.49. The predicted octanol–water partition coefficient (Wildman–Crippen LogP) is 4.47. The van der Waals surface area contributed by atoms with E-state index in [1.807, 2.05) is 44.4 Å². The first-order chi connectivity index (χ1) is 14.1. The van der Waals surface area contributed by atoms with Gasteiger partial charge in [0, 0.05) is 24.3 Å². The monoisotopic (exact) mass is 403 g/mol. The van der Waals surface area contributed by atoms with Crippen LogP contribution >= 0.6 is 11.3 Å². The van der Waals surface area contributed by atoms with Crippen molar-refractivity contribution < 1.29 is 9.59 Å². The number of carbonyl (C=O) groups is 2. The van der Waals surface area contributed by atoms with Gasteiger partial charge in [-0.1, -0.05) is 36.4 Å². The third-order valence-electron chi connectivity index (χ3n) is 4.78. The van der Waals surface area contributed by atoms with Gasteiger partial charge in [-0.3, -0.25) is 9.59 Å². The summed E-state index contributed by atoms with van der Waals surface area (Å²) in [5.74, 6) is -0.531. The molecule has 6 heteroatoms. The van der Waals surface area contributed by atoms with Crippen molar-refractivity contribution in [3.63, 3.8) is 0 Å². The molecule has 4 aromatic rings. The van der Waals surface area contributed by atoms with E-state index < -0.39 is 5.78 Å². The van der Waals surface area contributed by atoms with Crippen LogP contribution in [0.1, 0.15) is 10.4 Å². The minimum absolute atomic E-state index is 0.376. The average Bonchev–Trinajstić information content (AvgIpc) is 3.16. The summed E-state index contributed by atoms with van der Waals surface area (Å²) < 4.78 is 0.736. The Bertz CT molecular complexity index is 1210. The van der Waals surface area contributed by atoms with E-state index in [4.69, 9.17) is 4.98 Å². The number of hydrogen-bond donors (Lipinski definition) is 1. The van der Waals surface area contributed by atoms with E-state index in [-0.39, 0.29) is 0 Å². The summed E-state index contributed by atoms with van der Waals surface area (Å²) in [7, 11) is 3.97. The second-order valence-electron chi connectivity index (χ2n) is 7.13. The van der Waals surface area contributed by atoms with E-state index in [0.29, 0.717) is 24.1 Å². The summed E-state index contributed by atoms with van der Waals surface area (Å²) in [6.07, 6.45) is 0.376. The second kappa shape index (κ2) is 8.11. The maximum absolute atomic E-state index is 12.4. The molecule has 0 aliphatic heterocycles. The van der Waals surface area contributed by atoms with Crippen molar-refractivity contribution in [2.75, 3.05) is 32.5 Å². The van der Waals surface area contributed by atoms with E-state index in [0.717, 1.165) is 32.7 Å². The number of ketones is 1. The number of Topliss-reactive ketones (excluding diaryl/α,β-unsaturated/α-hetero) is 1.